The van der Waals surface area contributed by atoms with Gasteiger partial charge in [0.25, 0.3) is 5.91 Å². The van der Waals surface area contributed by atoms with Crippen molar-refractivity contribution in [3.8, 4) is 0 Å². The summed E-state index contributed by atoms with van der Waals surface area (Å²) >= 11 is 6.19. The number of nitrogens with one attached hydrogen (secondary N) is 1. The summed E-state index contributed by atoms with van der Waals surface area (Å²) in [6, 6.07) is 6.81. The molecule has 2 aromatic rings. The fourth-order valence-corrected chi connectivity index (χ4v) is 3.90. The molecule has 156 valence electrons. The Morgan fingerprint density at radius 3 is 2.52 bits per heavy atom. The topological polar surface area (TPSA) is 70.5 Å². The van der Waals surface area contributed by atoms with E-state index in [0.29, 0.717) is 30.2 Å². The van der Waals surface area contributed by atoms with E-state index in [0.717, 1.165) is 30.0 Å². The number of amides is 2. The molecule has 1 aliphatic heterocycles. The predicted molar refractivity (Wildman–Crippen MR) is 114 cm³/mol. The lowest BCUT2D eigenvalue weighted by Gasteiger charge is -2.27. The molecule has 1 atom stereocenters. The van der Waals surface area contributed by atoms with Crippen molar-refractivity contribution < 1.29 is 9.59 Å². The summed E-state index contributed by atoms with van der Waals surface area (Å²) < 4.78 is 1.76. The normalized spacial score (nSPS) is 16.4. The third kappa shape index (κ3) is 4.62. The van der Waals surface area contributed by atoms with Crippen molar-refractivity contribution in [3.05, 3.63) is 46.2 Å². The lowest BCUT2D eigenvalue weighted by molar-refractivity contribution is -0.120. The van der Waals surface area contributed by atoms with Gasteiger partial charge in [-0.2, -0.15) is 5.10 Å². The van der Waals surface area contributed by atoms with Crippen molar-refractivity contribution in [2.45, 2.75) is 33.2 Å². The van der Waals surface area contributed by atoms with E-state index < -0.39 is 0 Å². The molecule has 1 aromatic carbocycles. The number of carbonyl (C=O) groups is 2. The van der Waals surface area contributed by atoms with Crippen LogP contribution in [0.3, 0.4) is 0 Å². The minimum atomic E-state index is -0.302. The number of anilines is 1. The van der Waals surface area contributed by atoms with Crippen LogP contribution in [0, 0.1) is 13.8 Å². The second kappa shape index (κ2) is 8.97. The molecule has 2 amide bonds. The Morgan fingerprint density at radius 1 is 1.14 bits per heavy atom. The van der Waals surface area contributed by atoms with Crippen molar-refractivity contribution in [3.63, 3.8) is 0 Å². The smallest absolute Gasteiger partial charge is 0.255 e. The Morgan fingerprint density at radius 2 is 1.86 bits per heavy atom. The third-order valence-corrected chi connectivity index (χ3v) is 5.94. The fourth-order valence-electron chi connectivity index (χ4n) is 3.68. The van der Waals surface area contributed by atoms with Gasteiger partial charge >= 0.3 is 0 Å². The maximum Gasteiger partial charge on any atom is 0.255 e. The quantitative estimate of drug-likeness (QED) is 0.830. The average Bonchev–Trinajstić information content (AvgIpc) is 2.88. The van der Waals surface area contributed by atoms with Crippen LogP contribution in [0.1, 0.15) is 35.1 Å². The molecule has 0 saturated carbocycles. The number of nitrogens with zero attached hydrogens (tertiary/aromatic N) is 4. The van der Waals surface area contributed by atoms with Crippen molar-refractivity contribution >= 4 is 29.1 Å². The third-order valence-electron chi connectivity index (χ3n) is 5.61. The van der Waals surface area contributed by atoms with E-state index in [1.54, 1.807) is 16.8 Å². The first kappa shape index (κ1) is 21.3. The molecule has 29 heavy (non-hydrogen) atoms. The van der Waals surface area contributed by atoms with Crippen LogP contribution in [0.5, 0.6) is 0 Å². The second-order valence-corrected chi connectivity index (χ2v) is 7.90. The van der Waals surface area contributed by atoms with Gasteiger partial charge in [0.05, 0.1) is 33.7 Å². The largest absolute Gasteiger partial charge is 0.337 e. The molecule has 1 fully saturated rings. The number of carbonyl (C=O) groups excluding carboxylic acids is 2. The van der Waals surface area contributed by atoms with Crippen LogP contribution >= 0.6 is 11.6 Å². The maximum atomic E-state index is 12.8. The molecule has 8 heteroatoms. The highest BCUT2D eigenvalue weighted by Crippen LogP contribution is 2.21. The van der Waals surface area contributed by atoms with Gasteiger partial charge in [-0.1, -0.05) is 23.7 Å². The van der Waals surface area contributed by atoms with E-state index in [9.17, 15) is 9.59 Å². The van der Waals surface area contributed by atoms with E-state index in [4.69, 9.17) is 11.6 Å². The lowest BCUT2D eigenvalue weighted by Crippen LogP contribution is -2.44. The molecule has 0 spiro atoms. The molecule has 1 unspecified atom stereocenters. The molecule has 7 nitrogen and oxygen atoms in total. The first-order valence-corrected chi connectivity index (χ1v) is 10.3. The van der Waals surface area contributed by atoms with Crippen molar-refractivity contribution in [2.24, 2.45) is 7.05 Å². The fraction of sp³-hybridized carbons (Fsp3) is 0.476. The maximum absolute atomic E-state index is 12.8. The van der Waals surface area contributed by atoms with Crippen molar-refractivity contribution in [1.82, 2.24) is 19.6 Å². The Bertz CT molecular complexity index is 910. The van der Waals surface area contributed by atoms with Gasteiger partial charge in [0.15, 0.2) is 0 Å². The van der Waals surface area contributed by atoms with Crippen molar-refractivity contribution in [2.75, 3.05) is 31.5 Å². The van der Waals surface area contributed by atoms with Crippen LogP contribution in [0.15, 0.2) is 24.3 Å². The molecule has 1 aromatic heterocycles. The van der Waals surface area contributed by atoms with Gasteiger partial charge < -0.3 is 10.2 Å². The number of hydrogen-bond donors (Lipinski definition) is 1. The van der Waals surface area contributed by atoms with Crippen LogP contribution < -0.4 is 5.32 Å². The highest BCUT2D eigenvalue weighted by atomic mass is 35.5. The number of aryl methyl sites for hydroxylation is 2. The molecule has 0 radical (unpaired) electrons. The van der Waals surface area contributed by atoms with E-state index >= 15 is 0 Å². The van der Waals surface area contributed by atoms with Crippen LogP contribution in [-0.2, 0) is 11.8 Å². The molecule has 1 N–H and O–H groups in total. The lowest BCUT2D eigenvalue weighted by atomic mass is 10.2. The highest BCUT2D eigenvalue weighted by Gasteiger charge is 2.27. The standard InChI is InChI=1S/C21H28ClN5O2/c1-14-19(15(2)25(4)24-14)23-20(28)16(3)26-10-7-11-27(13-12-26)21(29)17-8-5-6-9-18(17)22/h5-6,8-9,16H,7,10-13H2,1-4H3,(H,23,28). The Kier molecular flexibility index (Phi) is 6.59. The number of benzene rings is 1. The van der Waals surface area contributed by atoms with Crippen LogP contribution in [0.2, 0.25) is 5.02 Å². The number of aromatic nitrogens is 2. The molecular weight excluding hydrogens is 390 g/mol. The van der Waals surface area contributed by atoms with Gasteiger partial charge in [-0.25, -0.2) is 0 Å². The zero-order chi connectivity index (χ0) is 21.1. The van der Waals surface area contributed by atoms with Crippen molar-refractivity contribution in [1.29, 1.82) is 0 Å². The summed E-state index contributed by atoms with van der Waals surface area (Å²) in [6.45, 7) is 8.33. The highest BCUT2D eigenvalue weighted by molar-refractivity contribution is 6.33. The summed E-state index contributed by atoms with van der Waals surface area (Å²) in [6.07, 6.45) is 0.804. The Hall–Kier alpha value is -2.38. The van der Waals surface area contributed by atoms with Crippen LogP contribution in [0.4, 0.5) is 5.69 Å². The van der Waals surface area contributed by atoms with E-state index in [1.807, 2.05) is 44.9 Å². The Balaban J connectivity index is 1.63. The van der Waals surface area contributed by atoms with Gasteiger partial charge in [0.1, 0.15) is 0 Å². The molecule has 0 bridgehead atoms. The molecule has 1 saturated heterocycles. The molecular formula is C21H28ClN5O2. The first-order valence-electron chi connectivity index (χ1n) is 9.88. The van der Waals surface area contributed by atoms with Gasteiger partial charge in [0.2, 0.25) is 5.91 Å². The summed E-state index contributed by atoms with van der Waals surface area (Å²) in [5.41, 5.74) is 3.03. The molecule has 1 aliphatic rings. The first-order chi connectivity index (χ1) is 13.8. The monoisotopic (exact) mass is 417 g/mol. The summed E-state index contributed by atoms with van der Waals surface area (Å²) in [5.74, 6) is -0.119. The van der Waals surface area contributed by atoms with Crippen LogP contribution in [0.25, 0.3) is 0 Å². The minimum absolute atomic E-state index is 0.0591. The zero-order valence-electron chi connectivity index (χ0n) is 17.4. The molecule has 3 rings (SSSR count). The van der Waals surface area contributed by atoms with E-state index in [2.05, 4.69) is 15.3 Å². The zero-order valence-corrected chi connectivity index (χ0v) is 18.2. The number of rotatable bonds is 4. The SMILES string of the molecule is Cc1nn(C)c(C)c1NC(=O)C(C)N1CCCN(C(=O)c2ccccc2Cl)CC1. The van der Waals surface area contributed by atoms with Gasteiger partial charge in [0, 0.05) is 33.2 Å². The van der Waals surface area contributed by atoms with Gasteiger partial charge in [-0.05, 0) is 39.3 Å². The number of hydrogen-bond acceptors (Lipinski definition) is 4. The average molecular weight is 418 g/mol. The molecule has 2 heterocycles. The van der Waals surface area contributed by atoms with Gasteiger partial charge in [-0.15, -0.1) is 0 Å². The summed E-state index contributed by atoms with van der Waals surface area (Å²) in [5, 5.41) is 7.84. The van der Waals surface area contributed by atoms with E-state index in [1.165, 1.54) is 0 Å². The summed E-state index contributed by atoms with van der Waals surface area (Å²) in [4.78, 5) is 29.6. The molecule has 0 aliphatic carbocycles. The minimum Gasteiger partial charge on any atom is -0.337 e. The van der Waals surface area contributed by atoms with Gasteiger partial charge in [-0.3, -0.25) is 19.2 Å². The second-order valence-electron chi connectivity index (χ2n) is 7.50. The summed E-state index contributed by atoms with van der Waals surface area (Å²) in [7, 11) is 1.86. The van der Waals surface area contributed by atoms with Crippen LogP contribution in [-0.4, -0.2) is 63.6 Å². The van der Waals surface area contributed by atoms with E-state index in [-0.39, 0.29) is 17.9 Å². The predicted octanol–water partition coefficient (Wildman–Crippen LogP) is 2.87. The Labute approximate surface area is 176 Å². The number of halogens is 1.